The number of hydrogen-bond donors (Lipinski definition) is 1. The second kappa shape index (κ2) is 7.03. The number of amides is 1. The minimum Gasteiger partial charge on any atom is -0.350 e. The Kier molecular flexibility index (Phi) is 4.43. The highest BCUT2D eigenvalue weighted by molar-refractivity contribution is 5.83. The summed E-state index contributed by atoms with van der Waals surface area (Å²) in [6, 6.07) is 11.8. The fourth-order valence-corrected chi connectivity index (χ4v) is 3.24. The van der Waals surface area contributed by atoms with Gasteiger partial charge < -0.3 is 9.88 Å². The van der Waals surface area contributed by atoms with Gasteiger partial charge in [0.25, 0.3) is 0 Å². The minimum absolute atomic E-state index is 0.0744. The maximum Gasteiger partial charge on any atom is 0.231 e. The Hall–Kier alpha value is -3.09. The molecule has 1 aromatic carbocycles. The van der Waals surface area contributed by atoms with Gasteiger partial charge in [-0.25, -0.2) is 4.39 Å². The van der Waals surface area contributed by atoms with Crippen LogP contribution in [0.3, 0.4) is 0 Å². The fourth-order valence-electron chi connectivity index (χ4n) is 3.24. The van der Waals surface area contributed by atoms with Crippen molar-refractivity contribution < 1.29 is 9.18 Å². The first kappa shape index (κ1) is 16.4. The summed E-state index contributed by atoms with van der Waals surface area (Å²) in [5, 5.41) is 11.4. The number of pyridine rings is 1. The number of nitrogens with one attached hydrogen (secondary N) is 1. The van der Waals surface area contributed by atoms with Crippen molar-refractivity contribution in [3.8, 4) is 11.4 Å². The fraction of sp³-hybridized carbons (Fsp3) is 0.263. The summed E-state index contributed by atoms with van der Waals surface area (Å²) in [6.07, 6.45) is 3.30. The average Bonchev–Trinajstić information content (AvgIpc) is 3.12. The monoisotopic (exact) mass is 351 g/mol. The maximum atomic E-state index is 13.2. The first-order chi connectivity index (χ1) is 12.7. The van der Waals surface area contributed by atoms with Crippen molar-refractivity contribution in [2.45, 2.75) is 31.8 Å². The van der Waals surface area contributed by atoms with Gasteiger partial charge in [0, 0.05) is 18.3 Å². The highest BCUT2D eigenvalue weighted by Gasteiger charge is 2.31. The highest BCUT2D eigenvalue weighted by atomic mass is 19.1. The molecule has 0 spiro atoms. The number of benzene rings is 1. The molecule has 0 bridgehead atoms. The van der Waals surface area contributed by atoms with E-state index in [0.717, 1.165) is 30.6 Å². The van der Waals surface area contributed by atoms with Crippen molar-refractivity contribution in [3.05, 3.63) is 66.0 Å². The lowest BCUT2D eigenvalue weighted by atomic mass is 9.97. The number of nitrogens with zero attached hydrogens (tertiary/aromatic N) is 4. The first-order valence-electron chi connectivity index (χ1n) is 8.59. The number of hydrogen-bond acceptors (Lipinski definition) is 4. The molecule has 132 valence electrons. The summed E-state index contributed by atoms with van der Waals surface area (Å²) in [5.41, 5.74) is 1.60. The zero-order valence-electron chi connectivity index (χ0n) is 14.1. The van der Waals surface area contributed by atoms with Crippen LogP contribution >= 0.6 is 0 Å². The Morgan fingerprint density at radius 1 is 1.19 bits per heavy atom. The highest BCUT2D eigenvalue weighted by Crippen LogP contribution is 2.30. The summed E-state index contributed by atoms with van der Waals surface area (Å²) >= 11 is 0. The topological polar surface area (TPSA) is 72.7 Å². The average molecular weight is 351 g/mol. The second-order valence-corrected chi connectivity index (χ2v) is 6.27. The van der Waals surface area contributed by atoms with E-state index in [-0.39, 0.29) is 17.6 Å². The third kappa shape index (κ3) is 3.20. The van der Waals surface area contributed by atoms with Gasteiger partial charge in [-0.3, -0.25) is 9.78 Å². The van der Waals surface area contributed by atoms with Crippen LogP contribution in [0.1, 0.15) is 30.3 Å². The Morgan fingerprint density at radius 3 is 2.81 bits per heavy atom. The van der Waals surface area contributed by atoms with Crippen LogP contribution in [-0.4, -0.2) is 25.7 Å². The third-order valence-electron chi connectivity index (χ3n) is 4.55. The van der Waals surface area contributed by atoms with Gasteiger partial charge in [0.15, 0.2) is 5.82 Å². The van der Waals surface area contributed by atoms with Crippen LogP contribution in [0.25, 0.3) is 11.4 Å². The third-order valence-corrected chi connectivity index (χ3v) is 4.55. The van der Waals surface area contributed by atoms with Crippen LogP contribution in [-0.2, 0) is 17.9 Å². The van der Waals surface area contributed by atoms with E-state index in [1.165, 1.54) is 12.1 Å². The molecular weight excluding hydrogens is 333 g/mol. The molecule has 0 saturated heterocycles. The van der Waals surface area contributed by atoms with E-state index in [4.69, 9.17) is 0 Å². The molecule has 0 saturated carbocycles. The van der Waals surface area contributed by atoms with Crippen molar-refractivity contribution in [1.82, 2.24) is 25.1 Å². The summed E-state index contributed by atoms with van der Waals surface area (Å²) in [7, 11) is 0. The van der Waals surface area contributed by atoms with Crippen LogP contribution in [0.2, 0.25) is 0 Å². The number of carbonyl (C=O) groups excluding carboxylic acids is 1. The number of halogens is 1. The zero-order chi connectivity index (χ0) is 17.9. The smallest absolute Gasteiger partial charge is 0.231 e. The minimum atomic E-state index is -0.339. The Labute approximate surface area is 150 Å². The van der Waals surface area contributed by atoms with Crippen molar-refractivity contribution in [3.63, 3.8) is 0 Å². The van der Waals surface area contributed by atoms with Crippen LogP contribution in [0.4, 0.5) is 4.39 Å². The van der Waals surface area contributed by atoms with E-state index < -0.39 is 0 Å². The Balaban J connectivity index is 1.54. The quantitative estimate of drug-likeness (QED) is 0.784. The maximum absolute atomic E-state index is 13.2. The van der Waals surface area contributed by atoms with Crippen LogP contribution in [0.15, 0.2) is 48.7 Å². The molecular formula is C19H18FN5O. The predicted molar refractivity (Wildman–Crippen MR) is 93.5 cm³/mol. The van der Waals surface area contributed by atoms with E-state index in [2.05, 4.69) is 20.5 Å². The molecule has 3 aromatic rings. The first-order valence-corrected chi connectivity index (χ1v) is 8.59. The molecule has 7 heteroatoms. The SMILES string of the molecule is O=C(NCc1ccccn1)C1CCCn2c(-c3ccc(F)cc3)nnc21. The van der Waals surface area contributed by atoms with Gasteiger partial charge in [-0.2, -0.15) is 0 Å². The lowest BCUT2D eigenvalue weighted by Gasteiger charge is -2.23. The molecule has 0 radical (unpaired) electrons. The molecule has 4 rings (SSSR count). The van der Waals surface area contributed by atoms with Gasteiger partial charge in [-0.05, 0) is 49.2 Å². The Morgan fingerprint density at radius 2 is 2.04 bits per heavy atom. The molecule has 0 aliphatic carbocycles. The molecule has 2 aromatic heterocycles. The van der Waals surface area contributed by atoms with Gasteiger partial charge >= 0.3 is 0 Å². The van der Waals surface area contributed by atoms with Crippen molar-refractivity contribution in [2.24, 2.45) is 0 Å². The number of fused-ring (bicyclic) bond motifs is 1. The molecule has 1 N–H and O–H groups in total. The summed E-state index contributed by atoms with van der Waals surface area (Å²) in [6.45, 7) is 1.13. The number of aromatic nitrogens is 4. The molecule has 0 fully saturated rings. The largest absolute Gasteiger partial charge is 0.350 e. The molecule has 1 amide bonds. The van der Waals surface area contributed by atoms with Crippen molar-refractivity contribution in [2.75, 3.05) is 0 Å². The van der Waals surface area contributed by atoms with Gasteiger partial charge in [0.05, 0.1) is 18.2 Å². The molecule has 1 aliphatic rings. The molecule has 6 nitrogen and oxygen atoms in total. The van der Waals surface area contributed by atoms with Gasteiger partial charge in [-0.15, -0.1) is 10.2 Å². The van der Waals surface area contributed by atoms with Crippen molar-refractivity contribution >= 4 is 5.91 Å². The Bertz CT molecular complexity index is 907. The molecule has 26 heavy (non-hydrogen) atoms. The molecule has 1 unspecified atom stereocenters. The lowest BCUT2D eigenvalue weighted by molar-refractivity contribution is -0.123. The summed E-state index contributed by atoms with van der Waals surface area (Å²) in [5.74, 6) is 0.624. The second-order valence-electron chi connectivity index (χ2n) is 6.27. The van der Waals surface area contributed by atoms with E-state index in [0.29, 0.717) is 18.2 Å². The molecule has 3 heterocycles. The van der Waals surface area contributed by atoms with E-state index in [9.17, 15) is 9.18 Å². The van der Waals surface area contributed by atoms with E-state index in [1.807, 2.05) is 22.8 Å². The number of carbonyl (C=O) groups is 1. The normalized spacial score (nSPS) is 16.1. The van der Waals surface area contributed by atoms with Crippen LogP contribution < -0.4 is 5.32 Å². The van der Waals surface area contributed by atoms with Crippen LogP contribution in [0, 0.1) is 5.82 Å². The summed E-state index contributed by atoms with van der Waals surface area (Å²) in [4.78, 5) is 16.9. The summed E-state index contributed by atoms with van der Waals surface area (Å²) < 4.78 is 15.1. The van der Waals surface area contributed by atoms with Gasteiger partial charge in [0.1, 0.15) is 11.6 Å². The number of rotatable bonds is 4. The van der Waals surface area contributed by atoms with Gasteiger partial charge in [-0.1, -0.05) is 6.07 Å². The molecule has 1 atom stereocenters. The van der Waals surface area contributed by atoms with Crippen molar-refractivity contribution in [1.29, 1.82) is 0 Å². The van der Waals surface area contributed by atoms with E-state index in [1.54, 1.807) is 18.3 Å². The standard InChI is InChI=1S/C19H18FN5O/c20-14-8-6-13(7-9-14)17-23-24-18-16(5-3-11-25(17)18)19(26)22-12-15-4-1-2-10-21-15/h1-2,4,6-10,16H,3,5,11-12H2,(H,22,26). The zero-order valence-corrected chi connectivity index (χ0v) is 14.1. The van der Waals surface area contributed by atoms with E-state index >= 15 is 0 Å². The predicted octanol–water partition coefficient (Wildman–Crippen LogP) is 2.67. The molecule has 1 aliphatic heterocycles. The lowest BCUT2D eigenvalue weighted by Crippen LogP contribution is -2.33. The van der Waals surface area contributed by atoms with Gasteiger partial charge in [0.2, 0.25) is 5.91 Å². The van der Waals surface area contributed by atoms with Crippen LogP contribution in [0.5, 0.6) is 0 Å².